The van der Waals surface area contributed by atoms with Crippen LogP contribution in [0.3, 0.4) is 0 Å². The SMILES string of the molecule is Br.COCC(C)NC(=NCC1COCCO1)N1CCN(c2ccc(OC)cn2)CC1. The van der Waals surface area contributed by atoms with Crippen molar-refractivity contribution < 1.29 is 18.9 Å². The Labute approximate surface area is 189 Å². The van der Waals surface area contributed by atoms with Crippen molar-refractivity contribution >= 4 is 28.8 Å². The summed E-state index contributed by atoms with van der Waals surface area (Å²) in [4.78, 5) is 13.9. The zero-order valence-corrected chi connectivity index (χ0v) is 19.8. The third-order valence-electron chi connectivity index (χ3n) is 4.98. The highest BCUT2D eigenvalue weighted by Gasteiger charge is 2.23. The highest BCUT2D eigenvalue weighted by atomic mass is 79.9. The molecule has 1 aromatic rings. The molecule has 2 fully saturated rings. The maximum atomic E-state index is 5.73. The molecule has 2 atom stereocenters. The Bertz CT molecular complexity index is 635. The van der Waals surface area contributed by atoms with Crippen LogP contribution < -0.4 is 15.0 Å². The molecule has 0 aromatic carbocycles. The number of hydrogen-bond donors (Lipinski definition) is 1. The number of hydrogen-bond acceptors (Lipinski definition) is 7. The molecular weight excluding hydrogens is 454 g/mol. The van der Waals surface area contributed by atoms with Crippen molar-refractivity contribution in [3.8, 4) is 5.75 Å². The smallest absolute Gasteiger partial charge is 0.194 e. The summed E-state index contributed by atoms with van der Waals surface area (Å²) in [5.41, 5.74) is 0. The van der Waals surface area contributed by atoms with Crippen LogP contribution in [0.5, 0.6) is 5.75 Å². The Morgan fingerprint density at radius 1 is 1.27 bits per heavy atom. The van der Waals surface area contributed by atoms with E-state index in [-0.39, 0.29) is 29.1 Å². The number of piperazine rings is 1. The number of aromatic nitrogens is 1. The largest absolute Gasteiger partial charge is 0.495 e. The highest BCUT2D eigenvalue weighted by molar-refractivity contribution is 8.93. The summed E-state index contributed by atoms with van der Waals surface area (Å²) in [5.74, 6) is 2.63. The Morgan fingerprint density at radius 2 is 2.07 bits per heavy atom. The van der Waals surface area contributed by atoms with Crippen LogP contribution in [-0.2, 0) is 14.2 Å². The minimum Gasteiger partial charge on any atom is -0.495 e. The van der Waals surface area contributed by atoms with E-state index in [1.807, 2.05) is 12.1 Å². The van der Waals surface area contributed by atoms with Gasteiger partial charge in [0.15, 0.2) is 5.96 Å². The van der Waals surface area contributed by atoms with Crippen molar-refractivity contribution in [1.29, 1.82) is 0 Å². The summed E-state index contributed by atoms with van der Waals surface area (Å²) in [6, 6.07) is 4.12. The average Bonchev–Trinajstić information content (AvgIpc) is 2.78. The molecule has 9 nitrogen and oxygen atoms in total. The second-order valence-corrected chi connectivity index (χ2v) is 7.26. The normalized spacial score (nSPS) is 21.0. The first kappa shape index (κ1) is 24.6. The van der Waals surface area contributed by atoms with Crippen molar-refractivity contribution in [2.45, 2.75) is 19.1 Å². The molecule has 2 unspecified atom stereocenters. The lowest BCUT2D eigenvalue weighted by Gasteiger charge is -2.38. The van der Waals surface area contributed by atoms with Gasteiger partial charge >= 0.3 is 0 Å². The number of pyridine rings is 1. The first-order valence-corrected chi connectivity index (χ1v) is 10.2. The highest BCUT2D eigenvalue weighted by Crippen LogP contribution is 2.17. The Hall–Kier alpha value is -1.62. The number of nitrogens with one attached hydrogen (secondary N) is 1. The summed E-state index contributed by atoms with van der Waals surface area (Å²) in [6.07, 6.45) is 1.78. The quantitative estimate of drug-likeness (QED) is 0.453. The van der Waals surface area contributed by atoms with E-state index in [4.69, 9.17) is 23.9 Å². The van der Waals surface area contributed by atoms with Gasteiger partial charge in [-0.15, -0.1) is 17.0 Å². The first-order valence-electron chi connectivity index (χ1n) is 10.2. The molecule has 3 heterocycles. The molecule has 2 aliphatic rings. The van der Waals surface area contributed by atoms with Crippen LogP contribution >= 0.6 is 17.0 Å². The van der Waals surface area contributed by atoms with E-state index >= 15 is 0 Å². The lowest BCUT2D eigenvalue weighted by atomic mass is 10.3. The summed E-state index contributed by atoms with van der Waals surface area (Å²) in [6.45, 7) is 8.68. The maximum Gasteiger partial charge on any atom is 0.194 e. The van der Waals surface area contributed by atoms with Gasteiger partial charge in [0.2, 0.25) is 0 Å². The van der Waals surface area contributed by atoms with Crippen molar-refractivity contribution in [2.75, 3.05) is 78.3 Å². The van der Waals surface area contributed by atoms with Crippen LogP contribution in [-0.4, -0.2) is 101 Å². The summed E-state index contributed by atoms with van der Waals surface area (Å²) in [7, 11) is 3.36. The number of halogens is 1. The Morgan fingerprint density at radius 3 is 2.67 bits per heavy atom. The molecule has 30 heavy (non-hydrogen) atoms. The van der Waals surface area contributed by atoms with Crippen molar-refractivity contribution in [3.63, 3.8) is 0 Å². The molecule has 0 spiro atoms. The van der Waals surface area contributed by atoms with Crippen molar-refractivity contribution in [3.05, 3.63) is 18.3 Å². The van der Waals surface area contributed by atoms with Crippen LogP contribution in [0.1, 0.15) is 6.92 Å². The summed E-state index contributed by atoms with van der Waals surface area (Å²) in [5, 5.41) is 3.50. The third kappa shape index (κ3) is 7.26. The summed E-state index contributed by atoms with van der Waals surface area (Å²) < 4.78 is 21.7. The molecule has 2 saturated heterocycles. The topological polar surface area (TPSA) is 80.7 Å². The average molecular weight is 488 g/mol. The second kappa shape index (κ2) is 12.9. The van der Waals surface area contributed by atoms with Gasteiger partial charge in [0.05, 0.1) is 46.3 Å². The molecule has 10 heteroatoms. The molecule has 1 aromatic heterocycles. The number of guanidine groups is 1. The van der Waals surface area contributed by atoms with Crippen molar-refractivity contribution in [2.24, 2.45) is 4.99 Å². The van der Waals surface area contributed by atoms with Gasteiger partial charge in [0, 0.05) is 39.3 Å². The van der Waals surface area contributed by atoms with Gasteiger partial charge < -0.3 is 34.1 Å². The lowest BCUT2D eigenvalue weighted by Crippen LogP contribution is -2.54. The van der Waals surface area contributed by atoms with Crippen LogP contribution in [0.4, 0.5) is 5.82 Å². The molecule has 0 amide bonds. The fourth-order valence-electron chi connectivity index (χ4n) is 3.41. The molecule has 170 valence electrons. The van der Waals surface area contributed by atoms with Crippen LogP contribution in [0.2, 0.25) is 0 Å². The van der Waals surface area contributed by atoms with Gasteiger partial charge in [-0.05, 0) is 19.1 Å². The Balaban J connectivity index is 0.00000320. The number of ether oxygens (including phenoxy) is 4. The predicted molar refractivity (Wildman–Crippen MR) is 122 cm³/mol. The van der Waals surface area contributed by atoms with Gasteiger partial charge in [0.25, 0.3) is 0 Å². The monoisotopic (exact) mass is 487 g/mol. The summed E-state index contributed by atoms with van der Waals surface area (Å²) >= 11 is 0. The third-order valence-corrected chi connectivity index (χ3v) is 4.98. The zero-order chi connectivity index (χ0) is 20.5. The van der Waals surface area contributed by atoms with Crippen LogP contribution in [0, 0.1) is 0 Å². The fraction of sp³-hybridized carbons (Fsp3) is 0.700. The fourth-order valence-corrected chi connectivity index (χ4v) is 3.41. The molecule has 1 N–H and O–H groups in total. The van der Waals surface area contributed by atoms with Crippen LogP contribution in [0.15, 0.2) is 23.3 Å². The molecule has 3 rings (SSSR count). The van der Waals surface area contributed by atoms with Gasteiger partial charge in [0.1, 0.15) is 17.7 Å². The van der Waals surface area contributed by atoms with E-state index in [0.29, 0.717) is 33.0 Å². The second-order valence-electron chi connectivity index (χ2n) is 7.26. The minimum atomic E-state index is 0. The van der Waals surface area contributed by atoms with E-state index in [1.54, 1.807) is 20.4 Å². The van der Waals surface area contributed by atoms with E-state index in [9.17, 15) is 0 Å². The number of methoxy groups -OCH3 is 2. The van der Waals surface area contributed by atoms with E-state index in [1.165, 1.54) is 0 Å². The van der Waals surface area contributed by atoms with Gasteiger partial charge in [-0.2, -0.15) is 0 Å². The van der Waals surface area contributed by atoms with E-state index in [2.05, 4.69) is 27.0 Å². The number of aliphatic imine (C=N–C) groups is 1. The molecule has 0 bridgehead atoms. The Kier molecular flexibility index (Phi) is 10.6. The van der Waals surface area contributed by atoms with Gasteiger partial charge in [-0.3, -0.25) is 4.99 Å². The van der Waals surface area contributed by atoms with Crippen molar-refractivity contribution in [1.82, 2.24) is 15.2 Å². The molecule has 0 radical (unpaired) electrons. The molecule has 0 saturated carbocycles. The van der Waals surface area contributed by atoms with Gasteiger partial charge in [-0.25, -0.2) is 4.98 Å². The molecule has 0 aliphatic carbocycles. The van der Waals surface area contributed by atoms with E-state index in [0.717, 1.165) is 43.7 Å². The zero-order valence-electron chi connectivity index (χ0n) is 18.1. The van der Waals surface area contributed by atoms with Gasteiger partial charge in [-0.1, -0.05) is 0 Å². The number of rotatable bonds is 7. The molecular formula is C20H34BrN5O4. The predicted octanol–water partition coefficient (Wildman–Crippen LogP) is 1.19. The number of nitrogens with zero attached hydrogens (tertiary/aromatic N) is 4. The van der Waals surface area contributed by atoms with Crippen LogP contribution in [0.25, 0.3) is 0 Å². The lowest BCUT2D eigenvalue weighted by molar-refractivity contribution is -0.0833. The number of anilines is 1. The standard InChI is InChI=1S/C20H33N5O4.BrH/c1-16(14-26-2)23-20(22-13-18-15-28-10-11-29-18)25-8-6-24(7-9-25)19-5-4-17(27-3)12-21-19;/h4-5,12,16,18H,6-11,13-15H2,1-3H3,(H,22,23);1H. The maximum absolute atomic E-state index is 5.73. The van der Waals surface area contributed by atoms with E-state index < -0.39 is 0 Å². The molecule has 2 aliphatic heterocycles. The minimum absolute atomic E-state index is 0. The first-order chi connectivity index (χ1) is 14.2.